The maximum atomic E-state index is 6.65. The van der Waals surface area contributed by atoms with Crippen LogP contribution in [-0.2, 0) is 5.54 Å². The molecule has 5 unspecified atom stereocenters. The second-order valence-corrected chi connectivity index (χ2v) is 9.81. The van der Waals surface area contributed by atoms with Crippen LogP contribution in [0.25, 0.3) is 0 Å². The van der Waals surface area contributed by atoms with Gasteiger partial charge in [0, 0.05) is 24.5 Å². The molecule has 1 saturated heterocycles. The maximum Gasteiger partial charge on any atom is 0.161 e. The summed E-state index contributed by atoms with van der Waals surface area (Å²) in [6.07, 6.45) is 3.02. The first-order valence-electron chi connectivity index (χ1n) is 12.4. The molecule has 2 aromatic carbocycles. The number of hydrogen-bond donors (Lipinski definition) is 1. The largest absolute Gasteiger partial charge is 0.493 e. The summed E-state index contributed by atoms with van der Waals surface area (Å²) in [6.45, 7) is 7.98. The van der Waals surface area contributed by atoms with Gasteiger partial charge in [0.2, 0.25) is 0 Å². The highest BCUT2D eigenvalue weighted by Crippen LogP contribution is 2.56. The average molecular weight is 469 g/mol. The second-order valence-electron chi connectivity index (χ2n) is 9.81. The van der Waals surface area contributed by atoms with Gasteiger partial charge in [0.05, 0.1) is 34.0 Å². The molecule has 0 aliphatic carbocycles. The molecule has 0 aromatic heterocycles. The summed E-state index contributed by atoms with van der Waals surface area (Å²) in [6, 6.07) is 11.1. The number of piperidine rings is 1. The molecule has 2 aromatic rings. The van der Waals surface area contributed by atoms with E-state index in [9.17, 15) is 0 Å². The Hall–Kier alpha value is -2.44. The fourth-order valence-electron chi connectivity index (χ4n) is 6.51. The Morgan fingerprint density at radius 2 is 1.59 bits per heavy atom. The molecule has 2 N–H and O–H groups in total. The summed E-state index contributed by atoms with van der Waals surface area (Å²) in [5, 5.41) is 0. The summed E-state index contributed by atoms with van der Waals surface area (Å²) < 4.78 is 22.7. The van der Waals surface area contributed by atoms with Crippen molar-refractivity contribution in [2.45, 2.75) is 63.6 Å². The van der Waals surface area contributed by atoms with Crippen LogP contribution in [0.2, 0.25) is 0 Å². The molecule has 0 spiro atoms. The Kier molecular flexibility index (Phi) is 7.02. The third-order valence-electron chi connectivity index (χ3n) is 8.35. The number of benzene rings is 2. The number of ether oxygens (including phenoxy) is 4. The lowest BCUT2D eigenvalue weighted by Gasteiger charge is -2.60. The zero-order valence-electron chi connectivity index (χ0n) is 21.7. The van der Waals surface area contributed by atoms with Gasteiger partial charge in [-0.05, 0) is 66.6 Å². The summed E-state index contributed by atoms with van der Waals surface area (Å²) in [7, 11) is 6.77. The first-order chi connectivity index (χ1) is 16.4. The summed E-state index contributed by atoms with van der Waals surface area (Å²) in [5.74, 6) is 3.58. The van der Waals surface area contributed by atoms with Gasteiger partial charge in [-0.1, -0.05) is 26.3 Å². The summed E-state index contributed by atoms with van der Waals surface area (Å²) >= 11 is 0. The van der Waals surface area contributed by atoms with E-state index in [1.165, 1.54) is 16.7 Å². The van der Waals surface area contributed by atoms with Crippen LogP contribution in [0.15, 0.2) is 30.3 Å². The predicted molar refractivity (Wildman–Crippen MR) is 135 cm³/mol. The van der Waals surface area contributed by atoms with Gasteiger partial charge in [-0.3, -0.25) is 4.90 Å². The van der Waals surface area contributed by atoms with Gasteiger partial charge >= 0.3 is 0 Å². The van der Waals surface area contributed by atoms with E-state index in [2.05, 4.69) is 49.9 Å². The predicted octanol–water partition coefficient (Wildman–Crippen LogP) is 4.92. The molecule has 5 atom stereocenters. The normalized spacial score (nSPS) is 27.4. The van der Waals surface area contributed by atoms with Crippen molar-refractivity contribution in [2.24, 2.45) is 11.7 Å². The minimum Gasteiger partial charge on any atom is -0.493 e. The monoisotopic (exact) mass is 468 g/mol. The highest BCUT2D eigenvalue weighted by Gasteiger charge is 2.54. The molecule has 0 bridgehead atoms. The summed E-state index contributed by atoms with van der Waals surface area (Å²) in [4.78, 5) is 2.72. The standard InChI is InChI=1S/C28H40N2O4/c1-8-17(2)28-16-20(29)11-12-30(28)18(3)27(19-9-10-23(31-4)24(13-19)32-5)21-14-25(33-6)26(34-7)15-22(21)28/h9-10,13-15,17-18,20,27H,8,11-12,16,29H2,1-7H3. The van der Waals surface area contributed by atoms with Crippen LogP contribution in [0.1, 0.15) is 62.6 Å². The lowest BCUT2D eigenvalue weighted by molar-refractivity contribution is -0.0536. The Morgan fingerprint density at radius 1 is 0.971 bits per heavy atom. The number of methoxy groups -OCH3 is 4. The van der Waals surface area contributed by atoms with Crippen molar-refractivity contribution < 1.29 is 18.9 Å². The lowest BCUT2D eigenvalue weighted by Crippen LogP contribution is -2.64. The molecule has 1 fully saturated rings. The van der Waals surface area contributed by atoms with E-state index in [-0.39, 0.29) is 23.5 Å². The van der Waals surface area contributed by atoms with Crippen molar-refractivity contribution in [1.29, 1.82) is 0 Å². The Balaban J connectivity index is 2.01. The molecule has 0 radical (unpaired) electrons. The van der Waals surface area contributed by atoms with Crippen molar-refractivity contribution in [2.75, 3.05) is 35.0 Å². The van der Waals surface area contributed by atoms with Crippen molar-refractivity contribution in [3.05, 3.63) is 47.0 Å². The van der Waals surface area contributed by atoms with Crippen LogP contribution in [0, 0.1) is 5.92 Å². The van der Waals surface area contributed by atoms with E-state index in [1.54, 1.807) is 28.4 Å². The van der Waals surface area contributed by atoms with E-state index >= 15 is 0 Å². The second kappa shape index (κ2) is 9.67. The molecule has 2 aliphatic heterocycles. The zero-order chi connectivity index (χ0) is 24.6. The first kappa shape index (κ1) is 24.7. The molecule has 4 rings (SSSR count). The fourth-order valence-corrected chi connectivity index (χ4v) is 6.51. The molecular formula is C28H40N2O4. The number of nitrogens with zero attached hydrogens (tertiary/aromatic N) is 1. The van der Waals surface area contributed by atoms with Gasteiger partial charge in [0.15, 0.2) is 23.0 Å². The molecule has 0 saturated carbocycles. The molecule has 0 amide bonds. The van der Waals surface area contributed by atoms with Gasteiger partial charge in [-0.15, -0.1) is 0 Å². The van der Waals surface area contributed by atoms with Crippen LogP contribution >= 0.6 is 0 Å². The molecule has 2 heterocycles. The minimum absolute atomic E-state index is 0.140. The van der Waals surface area contributed by atoms with Gasteiger partial charge in [0.25, 0.3) is 0 Å². The van der Waals surface area contributed by atoms with Gasteiger partial charge < -0.3 is 24.7 Å². The minimum atomic E-state index is -0.145. The van der Waals surface area contributed by atoms with Crippen LogP contribution in [-0.4, -0.2) is 52.0 Å². The van der Waals surface area contributed by atoms with Gasteiger partial charge in [0.1, 0.15) is 0 Å². The topological polar surface area (TPSA) is 66.2 Å². The third-order valence-corrected chi connectivity index (χ3v) is 8.35. The van der Waals surface area contributed by atoms with Crippen molar-refractivity contribution >= 4 is 0 Å². The molecule has 186 valence electrons. The van der Waals surface area contributed by atoms with Crippen molar-refractivity contribution in [1.82, 2.24) is 4.90 Å². The molecule has 2 aliphatic rings. The van der Waals surface area contributed by atoms with E-state index in [0.29, 0.717) is 5.92 Å². The Labute approximate surface area is 204 Å². The molecular weight excluding hydrogens is 428 g/mol. The van der Waals surface area contributed by atoms with Crippen molar-refractivity contribution in [3.8, 4) is 23.0 Å². The number of rotatable bonds is 7. The van der Waals surface area contributed by atoms with Crippen LogP contribution < -0.4 is 24.7 Å². The van der Waals surface area contributed by atoms with Gasteiger partial charge in [-0.2, -0.15) is 0 Å². The van der Waals surface area contributed by atoms with Crippen molar-refractivity contribution in [3.63, 3.8) is 0 Å². The molecule has 6 heteroatoms. The van der Waals surface area contributed by atoms with E-state index < -0.39 is 0 Å². The van der Waals surface area contributed by atoms with Gasteiger partial charge in [-0.25, -0.2) is 0 Å². The third kappa shape index (κ3) is 3.72. The number of fused-ring (bicyclic) bond motifs is 3. The Morgan fingerprint density at radius 3 is 2.21 bits per heavy atom. The summed E-state index contributed by atoms with van der Waals surface area (Å²) in [5.41, 5.74) is 10.3. The Bertz CT molecular complexity index is 1030. The number of hydrogen-bond acceptors (Lipinski definition) is 6. The molecule has 6 nitrogen and oxygen atoms in total. The first-order valence-corrected chi connectivity index (χ1v) is 12.4. The SMILES string of the molecule is CCC(C)C12CC(N)CCN1C(C)C(c1ccc(OC)c(OC)c1)c1cc(OC)c(OC)cc12. The van der Waals surface area contributed by atoms with E-state index in [0.717, 1.165) is 48.8 Å². The van der Waals surface area contributed by atoms with E-state index in [1.807, 2.05) is 6.07 Å². The van der Waals surface area contributed by atoms with Crippen LogP contribution in [0.3, 0.4) is 0 Å². The smallest absolute Gasteiger partial charge is 0.161 e. The average Bonchev–Trinajstić information content (AvgIpc) is 2.86. The maximum absolute atomic E-state index is 6.65. The van der Waals surface area contributed by atoms with Crippen LogP contribution in [0.4, 0.5) is 0 Å². The number of nitrogens with two attached hydrogens (primary N) is 1. The van der Waals surface area contributed by atoms with E-state index in [4.69, 9.17) is 24.7 Å². The van der Waals surface area contributed by atoms with Crippen LogP contribution in [0.5, 0.6) is 23.0 Å². The lowest BCUT2D eigenvalue weighted by atomic mass is 9.62. The quantitative estimate of drug-likeness (QED) is 0.622. The zero-order valence-corrected chi connectivity index (χ0v) is 21.7. The highest BCUT2D eigenvalue weighted by molar-refractivity contribution is 5.57. The highest BCUT2D eigenvalue weighted by atomic mass is 16.5. The fraction of sp³-hybridized carbons (Fsp3) is 0.571. The molecule has 34 heavy (non-hydrogen) atoms.